The van der Waals surface area contributed by atoms with Crippen LogP contribution in [0.4, 0.5) is 11.4 Å². The quantitative estimate of drug-likeness (QED) is 0.590. The van der Waals surface area contributed by atoms with Gasteiger partial charge < -0.3 is 20.9 Å². The van der Waals surface area contributed by atoms with Crippen molar-refractivity contribution in [3.05, 3.63) is 47.5 Å². The number of phenolic OH excluding ortho intramolecular Hbond substituents is 1. The molecule has 4 N–H and O–H groups in total. The molecule has 2 aromatic carbocycles. The molecule has 0 saturated heterocycles. The number of carbonyl (C=O) groups excluding carboxylic acids is 1. The zero-order valence-corrected chi connectivity index (χ0v) is 11.3. The first kappa shape index (κ1) is 14.2. The van der Waals surface area contributed by atoms with Crippen molar-refractivity contribution >= 4 is 17.3 Å². The van der Waals surface area contributed by atoms with Gasteiger partial charge in [-0.25, -0.2) is 0 Å². The molecular formula is C15H13N3O3. The van der Waals surface area contributed by atoms with Crippen LogP contribution in [0.3, 0.4) is 0 Å². The van der Waals surface area contributed by atoms with E-state index in [2.05, 4.69) is 5.32 Å². The molecule has 0 fully saturated rings. The van der Waals surface area contributed by atoms with E-state index in [1.165, 1.54) is 25.3 Å². The number of nitrogens with two attached hydrogens (primary N) is 1. The number of nitrogens with one attached hydrogen (secondary N) is 1. The van der Waals surface area contributed by atoms with Gasteiger partial charge in [-0.15, -0.1) is 0 Å². The number of ether oxygens (including phenoxy) is 1. The van der Waals surface area contributed by atoms with Crippen molar-refractivity contribution in [2.45, 2.75) is 0 Å². The molecule has 1 amide bonds. The molecule has 0 atom stereocenters. The number of nitriles is 1. The van der Waals surface area contributed by atoms with Crippen LogP contribution in [0.25, 0.3) is 0 Å². The summed E-state index contributed by atoms with van der Waals surface area (Å²) in [6.45, 7) is 0. The third-order valence-electron chi connectivity index (χ3n) is 2.89. The Morgan fingerprint density at radius 2 is 2.14 bits per heavy atom. The molecule has 21 heavy (non-hydrogen) atoms. The average Bonchev–Trinajstić information content (AvgIpc) is 2.50. The van der Waals surface area contributed by atoms with Crippen LogP contribution in [0.5, 0.6) is 11.5 Å². The number of nitrogen functional groups attached to an aromatic ring is 1. The van der Waals surface area contributed by atoms with Crippen molar-refractivity contribution in [1.82, 2.24) is 0 Å². The number of phenols is 1. The van der Waals surface area contributed by atoms with Gasteiger partial charge in [-0.2, -0.15) is 5.26 Å². The summed E-state index contributed by atoms with van der Waals surface area (Å²) < 4.78 is 5.13. The molecule has 6 nitrogen and oxygen atoms in total. The fourth-order valence-corrected chi connectivity index (χ4v) is 1.80. The molecular weight excluding hydrogens is 270 g/mol. The minimum atomic E-state index is -0.525. The second-order valence-electron chi connectivity index (χ2n) is 4.22. The predicted molar refractivity (Wildman–Crippen MR) is 78.2 cm³/mol. The number of amides is 1. The van der Waals surface area contributed by atoms with Crippen molar-refractivity contribution < 1.29 is 14.6 Å². The Morgan fingerprint density at radius 1 is 1.38 bits per heavy atom. The summed E-state index contributed by atoms with van der Waals surface area (Å²) in [6.07, 6.45) is 0. The summed E-state index contributed by atoms with van der Waals surface area (Å²) in [4.78, 5) is 12.2. The van der Waals surface area contributed by atoms with Gasteiger partial charge in [0.15, 0.2) is 5.75 Å². The van der Waals surface area contributed by atoms with E-state index in [1.807, 2.05) is 6.07 Å². The summed E-state index contributed by atoms with van der Waals surface area (Å²) >= 11 is 0. The maximum absolute atomic E-state index is 12.2. The van der Waals surface area contributed by atoms with Crippen LogP contribution in [0.15, 0.2) is 36.4 Å². The van der Waals surface area contributed by atoms with Gasteiger partial charge in [0.25, 0.3) is 5.91 Å². The third kappa shape index (κ3) is 2.87. The fourth-order valence-electron chi connectivity index (χ4n) is 1.80. The number of rotatable bonds is 3. The van der Waals surface area contributed by atoms with Crippen LogP contribution in [0.2, 0.25) is 0 Å². The monoisotopic (exact) mass is 283 g/mol. The number of nitrogens with zero attached hydrogens (tertiary/aromatic N) is 1. The zero-order chi connectivity index (χ0) is 15.4. The van der Waals surface area contributed by atoms with Crippen LogP contribution in [-0.4, -0.2) is 18.1 Å². The molecule has 0 heterocycles. The molecule has 0 aliphatic heterocycles. The molecule has 0 saturated carbocycles. The molecule has 0 bridgehead atoms. The van der Waals surface area contributed by atoms with Gasteiger partial charge >= 0.3 is 0 Å². The standard InChI is InChI=1S/C15H13N3O3/c1-21-13-7-9(8-16)5-6-12(13)18-15(20)10-3-2-4-11(17)14(10)19/h2-7,19H,17H2,1H3,(H,18,20). The average molecular weight is 283 g/mol. The van der Waals surface area contributed by atoms with Crippen molar-refractivity contribution in [2.24, 2.45) is 0 Å². The van der Waals surface area contributed by atoms with Gasteiger partial charge in [-0.1, -0.05) is 6.07 Å². The third-order valence-corrected chi connectivity index (χ3v) is 2.89. The highest BCUT2D eigenvalue weighted by Gasteiger charge is 2.15. The SMILES string of the molecule is COc1cc(C#N)ccc1NC(=O)c1cccc(N)c1O. The minimum absolute atomic E-state index is 0.0569. The normalized spacial score (nSPS) is 9.71. The lowest BCUT2D eigenvalue weighted by molar-refractivity contribution is 0.102. The van der Waals surface area contributed by atoms with Crippen LogP contribution in [-0.2, 0) is 0 Å². The molecule has 2 aromatic rings. The molecule has 0 unspecified atom stereocenters. The highest BCUT2D eigenvalue weighted by molar-refractivity contribution is 6.07. The van der Waals surface area contributed by atoms with E-state index in [9.17, 15) is 9.90 Å². The van der Waals surface area contributed by atoms with Gasteiger partial charge in [0.05, 0.1) is 35.7 Å². The van der Waals surface area contributed by atoms with Gasteiger partial charge in [0.1, 0.15) is 5.75 Å². The van der Waals surface area contributed by atoms with E-state index in [0.29, 0.717) is 17.0 Å². The van der Waals surface area contributed by atoms with Crippen LogP contribution >= 0.6 is 0 Å². The van der Waals surface area contributed by atoms with Crippen molar-refractivity contribution in [3.8, 4) is 17.6 Å². The Morgan fingerprint density at radius 3 is 2.81 bits per heavy atom. The number of aromatic hydroxyl groups is 1. The van der Waals surface area contributed by atoms with E-state index >= 15 is 0 Å². The lowest BCUT2D eigenvalue weighted by atomic mass is 10.1. The number of hydrogen-bond acceptors (Lipinski definition) is 5. The molecule has 6 heteroatoms. The highest BCUT2D eigenvalue weighted by Crippen LogP contribution is 2.28. The summed E-state index contributed by atoms with van der Waals surface area (Å²) in [6, 6.07) is 11.1. The number of methoxy groups -OCH3 is 1. The minimum Gasteiger partial charge on any atom is -0.505 e. The summed E-state index contributed by atoms with van der Waals surface area (Å²) in [5.74, 6) is -0.448. The lowest BCUT2D eigenvalue weighted by Crippen LogP contribution is -2.13. The van der Waals surface area contributed by atoms with Crippen molar-refractivity contribution in [1.29, 1.82) is 5.26 Å². The van der Waals surface area contributed by atoms with Gasteiger partial charge in [0, 0.05) is 6.07 Å². The van der Waals surface area contributed by atoms with E-state index in [4.69, 9.17) is 15.7 Å². The maximum atomic E-state index is 12.2. The van der Waals surface area contributed by atoms with Crippen LogP contribution in [0, 0.1) is 11.3 Å². The predicted octanol–water partition coefficient (Wildman–Crippen LogP) is 2.11. The van der Waals surface area contributed by atoms with E-state index in [1.54, 1.807) is 18.2 Å². The zero-order valence-electron chi connectivity index (χ0n) is 11.3. The molecule has 2 rings (SSSR count). The van der Waals surface area contributed by atoms with Gasteiger partial charge in [-0.05, 0) is 24.3 Å². The first-order chi connectivity index (χ1) is 10.1. The van der Waals surface area contributed by atoms with E-state index in [0.717, 1.165) is 0 Å². The second-order valence-corrected chi connectivity index (χ2v) is 4.22. The first-order valence-electron chi connectivity index (χ1n) is 6.03. The Bertz CT molecular complexity index is 735. The van der Waals surface area contributed by atoms with E-state index in [-0.39, 0.29) is 17.0 Å². The largest absolute Gasteiger partial charge is 0.505 e. The number of benzene rings is 2. The Kier molecular flexibility index (Phi) is 3.95. The second kappa shape index (κ2) is 5.84. The molecule has 106 valence electrons. The molecule has 0 aliphatic carbocycles. The number of para-hydroxylation sites is 1. The molecule has 0 radical (unpaired) electrons. The molecule has 0 spiro atoms. The molecule has 0 aliphatic rings. The summed E-state index contributed by atoms with van der Waals surface area (Å²) in [5.41, 5.74) is 6.54. The van der Waals surface area contributed by atoms with Gasteiger partial charge in [0.2, 0.25) is 0 Å². The van der Waals surface area contributed by atoms with Crippen LogP contribution < -0.4 is 15.8 Å². The number of anilines is 2. The Balaban J connectivity index is 2.32. The van der Waals surface area contributed by atoms with Crippen LogP contribution in [0.1, 0.15) is 15.9 Å². The Labute approximate surface area is 121 Å². The van der Waals surface area contributed by atoms with Gasteiger partial charge in [-0.3, -0.25) is 4.79 Å². The van der Waals surface area contributed by atoms with Crippen molar-refractivity contribution in [2.75, 3.05) is 18.2 Å². The first-order valence-corrected chi connectivity index (χ1v) is 6.03. The van der Waals surface area contributed by atoms with E-state index < -0.39 is 5.91 Å². The highest BCUT2D eigenvalue weighted by atomic mass is 16.5. The maximum Gasteiger partial charge on any atom is 0.259 e. The fraction of sp³-hybridized carbons (Fsp3) is 0.0667. The number of hydrogen-bond donors (Lipinski definition) is 3. The smallest absolute Gasteiger partial charge is 0.259 e. The summed E-state index contributed by atoms with van der Waals surface area (Å²) in [5, 5.41) is 21.2. The lowest BCUT2D eigenvalue weighted by Gasteiger charge is -2.11. The number of carbonyl (C=O) groups is 1. The van der Waals surface area contributed by atoms with Crippen molar-refractivity contribution in [3.63, 3.8) is 0 Å². The molecule has 0 aromatic heterocycles. The topological polar surface area (TPSA) is 108 Å². The Hall–Kier alpha value is -3.20. The summed E-state index contributed by atoms with van der Waals surface area (Å²) in [7, 11) is 1.43.